The first-order valence-electron chi connectivity index (χ1n) is 12.1. The highest BCUT2D eigenvalue weighted by Crippen LogP contribution is 2.37. The number of aromatic nitrogens is 1. The summed E-state index contributed by atoms with van der Waals surface area (Å²) in [7, 11) is -0.460. The minimum atomic E-state index is -0.460. The number of likely N-dealkylation sites (tertiary alicyclic amines) is 1. The highest BCUT2D eigenvalue weighted by Gasteiger charge is 2.52. The number of oxazole rings is 1. The van der Waals surface area contributed by atoms with Crippen LogP contribution < -0.4 is 5.46 Å². The maximum absolute atomic E-state index is 9.80. The van der Waals surface area contributed by atoms with Gasteiger partial charge >= 0.3 is 7.12 Å². The molecular weight excluding hydrogens is 425 g/mol. The zero-order valence-electron chi connectivity index (χ0n) is 20.9. The summed E-state index contributed by atoms with van der Waals surface area (Å²) in [5.74, 6) is 1.23. The lowest BCUT2D eigenvalue weighted by atomic mass is 9.75. The average molecular weight is 457 g/mol. The van der Waals surface area contributed by atoms with E-state index in [0.717, 1.165) is 53.2 Å². The van der Waals surface area contributed by atoms with Gasteiger partial charge in [0.25, 0.3) is 0 Å². The van der Waals surface area contributed by atoms with Crippen LogP contribution in [0.5, 0.6) is 0 Å². The Balaban J connectivity index is 1.50. The monoisotopic (exact) mass is 457 g/mol. The molecule has 0 amide bonds. The van der Waals surface area contributed by atoms with Crippen LogP contribution in [-0.4, -0.2) is 41.3 Å². The van der Waals surface area contributed by atoms with E-state index in [1.54, 1.807) is 0 Å². The second-order valence-corrected chi connectivity index (χ2v) is 10.9. The summed E-state index contributed by atoms with van der Waals surface area (Å²) < 4.78 is 18.7. The van der Waals surface area contributed by atoms with Gasteiger partial charge in [-0.25, -0.2) is 4.98 Å². The van der Waals surface area contributed by atoms with Crippen molar-refractivity contribution in [2.75, 3.05) is 13.1 Å². The molecule has 0 unspecified atom stereocenters. The molecule has 6 nitrogen and oxygen atoms in total. The molecule has 34 heavy (non-hydrogen) atoms. The average Bonchev–Trinajstić information content (AvgIpc) is 3.43. The van der Waals surface area contributed by atoms with Crippen LogP contribution in [0.1, 0.15) is 57.7 Å². The topological polar surface area (TPSA) is 71.5 Å². The maximum Gasteiger partial charge on any atom is 0.495 e. The summed E-state index contributed by atoms with van der Waals surface area (Å²) in [5, 5.41) is 9.80. The van der Waals surface area contributed by atoms with E-state index in [2.05, 4.69) is 51.7 Å². The fourth-order valence-electron chi connectivity index (χ4n) is 4.92. The van der Waals surface area contributed by atoms with Crippen LogP contribution in [0.3, 0.4) is 0 Å². The van der Waals surface area contributed by atoms with Crippen LogP contribution in [0.25, 0.3) is 22.6 Å². The van der Waals surface area contributed by atoms with E-state index in [-0.39, 0.29) is 0 Å². The third-order valence-corrected chi connectivity index (χ3v) is 7.70. The Hall–Kier alpha value is -2.66. The molecule has 0 bridgehead atoms. The number of nitriles is 1. The number of hydrogen-bond donors (Lipinski definition) is 0. The largest absolute Gasteiger partial charge is 0.495 e. The second kappa shape index (κ2) is 8.23. The van der Waals surface area contributed by atoms with Gasteiger partial charge in [-0.1, -0.05) is 19.1 Å². The predicted octanol–water partition coefficient (Wildman–Crippen LogP) is 4.82. The van der Waals surface area contributed by atoms with Gasteiger partial charge in [0.15, 0.2) is 5.58 Å². The van der Waals surface area contributed by atoms with Gasteiger partial charge < -0.3 is 13.7 Å². The minimum Gasteiger partial charge on any atom is -0.435 e. The third kappa shape index (κ3) is 3.94. The quantitative estimate of drug-likeness (QED) is 0.524. The molecule has 2 saturated heterocycles. The molecule has 3 heterocycles. The van der Waals surface area contributed by atoms with Crippen LogP contribution in [0, 0.1) is 24.2 Å². The van der Waals surface area contributed by atoms with E-state index in [4.69, 9.17) is 18.7 Å². The number of benzene rings is 2. The van der Waals surface area contributed by atoms with E-state index < -0.39 is 18.3 Å². The third-order valence-electron chi connectivity index (χ3n) is 7.70. The Labute approximate surface area is 202 Å². The molecule has 176 valence electrons. The first-order chi connectivity index (χ1) is 16.1. The van der Waals surface area contributed by atoms with Crippen molar-refractivity contribution in [3.63, 3.8) is 0 Å². The van der Waals surface area contributed by atoms with Crippen LogP contribution in [0.2, 0.25) is 0 Å². The maximum atomic E-state index is 9.80. The van der Waals surface area contributed by atoms with Crippen LogP contribution in [-0.2, 0) is 15.9 Å². The molecular formula is C27H32BN3O3. The Morgan fingerprint density at radius 3 is 2.56 bits per heavy atom. The first kappa shape index (κ1) is 23.1. The highest BCUT2D eigenvalue weighted by molar-refractivity contribution is 6.62. The zero-order valence-corrected chi connectivity index (χ0v) is 20.9. The first-order valence-corrected chi connectivity index (χ1v) is 12.1. The number of nitrogens with zero attached hydrogens (tertiary/aromatic N) is 3. The van der Waals surface area contributed by atoms with Crippen molar-refractivity contribution in [1.82, 2.24) is 9.88 Å². The molecule has 0 N–H and O–H groups in total. The molecule has 0 aliphatic carbocycles. The van der Waals surface area contributed by atoms with Crippen LogP contribution >= 0.6 is 0 Å². The second-order valence-electron chi connectivity index (χ2n) is 10.9. The fraction of sp³-hybridized carbons (Fsp3) is 0.481. The summed E-state index contributed by atoms with van der Waals surface area (Å²) in [6.07, 6.45) is 1.22. The van der Waals surface area contributed by atoms with Crippen molar-refractivity contribution < 1.29 is 13.7 Å². The molecule has 2 fully saturated rings. The van der Waals surface area contributed by atoms with Gasteiger partial charge in [-0.05, 0) is 88.3 Å². The number of hydrogen-bond acceptors (Lipinski definition) is 6. The molecule has 0 radical (unpaired) electrons. The van der Waals surface area contributed by atoms with Gasteiger partial charge in [0.1, 0.15) is 11.6 Å². The molecule has 7 heteroatoms. The van der Waals surface area contributed by atoms with E-state index in [1.807, 2.05) is 31.2 Å². The fourth-order valence-corrected chi connectivity index (χ4v) is 4.92. The molecule has 5 rings (SSSR count). The van der Waals surface area contributed by atoms with E-state index >= 15 is 0 Å². The molecule has 3 aromatic rings. The normalized spacial score (nSPS) is 21.9. The summed E-state index contributed by atoms with van der Waals surface area (Å²) in [6, 6.07) is 12.3. The Kier molecular flexibility index (Phi) is 5.59. The van der Waals surface area contributed by atoms with Crippen molar-refractivity contribution >= 4 is 23.7 Å². The van der Waals surface area contributed by atoms with Gasteiger partial charge in [0.2, 0.25) is 5.89 Å². The molecule has 2 aromatic carbocycles. The summed E-state index contributed by atoms with van der Waals surface area (Å²) in [4.78, 5) is 7.25. The van der Waals surface area contributed by atoms with Crippen molar-refractivity contribution in [3.8, 4) is 17.5 Å². The standard InChI is InChI=1S/C27H32BN3O3/c1-17-10-11-31(15-17)16-19-12-20(14-29)24-23(13-19)30-25(32-24)21-8-7-9-22(18(21)2)28-33-26(3,4)27(5,6)34-28/h7-9,12-13,17H,10-11,15-16H2,1-6H3/t17-/m1/s1. The summed E-state index contributed by atoms with van der Waals surface area (Å²) in [6.45, 7) is 15.5. The van der Waals surface area contributed by atoms with Gasteiger partial charge in [0.05, 0.1) is 16.8 Å². The molecule has 1 atom stereocenters. The Morgan fingerprint density at radius 2 is 1.91 bits per heavy atom. The lowest BCUT2D eigenvalue weighted by molar-refractivity contribution is 0.00578. The van der Waals surface area contributed by atoms with Gasteiger partial charge in [-0.2, -0.15) is 5.26 Å². The summed E-state index contributed by atoms with van der Waals surface area (Å²) >= 11 is 0. The molecule has 0 spiro atoms. The van der Waals surface area contributed by atoms with Gasteiger partial charge in [-0.15, -0.1) is 0 Å². The van der Waals surface area contributed by atoms with Crippen molar-refractivity contribution in [2.24, 2.45) is 5.92 Å². The Bertz CT molecular complexity index is 1270. The molecule has 0 saturated carbocycles. The Morgan fingerprint density at radius 1 is 1.18 bits per heavy atom. The number of rotatable bonds is 4. The van der Waals surface area contributed by atoms with Gasteiger partial charge in [0, 0.05) is 18.7 Å². The van der Waals surface area contributed by atoms with E-state index in [0.29, 0.717) is 17.0 Å². The lowest BCUT2D eigenvalue weighted by Gasteiger charge is -2.32. The SMILES string of the molecule is Cc1c(B2OC(C)(C)C(C)(C)O2)cccc1-c1nc2cc(CN3CC[C@@H](C)C3)cc(C#N)c2o1. The summed E-state index contributed by atoms with van der Waals surface area (Å²) in [5.41, 5.74) is 4.89. The van der Waals surface area contributed by atoms with Gasteiger partial charge in [-0.3, -0.25) is 4.90 Å². The molecule has 2 aliphatic rings. The lowest BCUT2D eigenvalue weighted by Crippen LogP contribution is -2.41. The van der Waals surface area contributed by atoms with Crippen LogP contribution in [0.15, 0.2) is 34.7 Å². The minimum absolute atomic E-state index is 0.414. The van der Waals surface area contributed by atoms with Crippen LogP contribution in [0.4, 0.5) is 0 Å². The van der Waals surface area contributed by atoms with Crippen molar-refractivity contribution in [1.29, 1.82) is 5.26 Å². The predicted molar refractivity (Wildman–Crippen MR) is 134 cm³/mol. The molecule has 2 aliphatic heterocycles. The van der Waals surface area contributed by atoms with E-state index in [1.165, 1.54) is 6.42 Å². The highest BCUT2D eigenvalue weighted by atomic mass is 16.7. The van der Waals surface area contributed by atoms with Crippen molar-refractivity contribution in [3.05, 3.63) is 47.0 Å². The van der Waals surface area contributed by atoms with Crippen molar-refractivity contribution in [2.45, 2.75) is 65.7 Å². The van der Waals surface area contributed by atoms with E-state index in [9.17, 15) is 5.26 Å². The zero-order chi connectivity index (χ0) is 24.3. The smallest absolute Gasteiger partial charge is 0.435 e. The molecule has 1 aromatic heterocycles. The number of fused-ring (bicyclic) bond motifs is 1.